The van der Waals surface area contributed by atoms with Crippen molar-refractivity contribution in [3.63, 3.8) is 0 Å². The lowest BCUT2D eigenvalue weighted by atomic mass is 10.00. The molecule has 2 atom stereocenters. The molecule has 0 aliphatic carbocycles. The number of hydrogen-bond donors (Lipinski definition) is 1. The number of hydrogen-bond acceptors (Lipinski definition) is 5. The number of carbonyl (C=O) groups excluding carboxylic acids is 2. The maximum Gasteiger partial charge on any atom is 0.339 e. The highest BCUT2D eigenvalue weighted by Gasteiger charge is 2.21. The van der Waals surface area contributed by atoms with Crippen LogP contribution in [0.25, 0.3) is 0 Å². The molecule has 0 saturated carbocycles. The van der Waals surface area contributed by atoms with Crippen molar-refractivity contribution in [3.8, 4) is 0 Å². The van der Waals surface area contributed by atoms with E-state index in [2.05, 4.69) is 13.8 Å². The summed E-state index contributed by atoms with van der Waals surface area (Å²) in [6.07, 6.45) is 6.28. The second-order valence-electron chi connectivity index (χ2n) is 7.72. The van der Waals surface area contributed by atoms with Crippen molar-refractivity contribution in [1.29, 1.82) is 0 Å². The lowest BCUT2D eigenvalue weighted by Gasteiger charge is -2.17. The Kier molecular flexibility index (Phi) is 12.5. The Morgan fingerprint density at radius 1 is 0.833 bits per heavy atom. The molecule has 0 radical (unpaired) electrons. The minimum Gasteiger partial charge on any atom is -0.481 e. The lowest BCUT2D eigenvalue weighted by Crippen LogP contribution is -2.19. The number of carboxylic acid groups (broad SMARTS) is 1. The normalized spacial score (nSPS) is 12.8. The zero-order valence-corrected chi connectivity index (χ0v) is 18.5. The number of benzene rings is 1. The first-order valence-corrected chi connectivity index (χ1v) is 11.1. The maximum atomic E-state index is 12.6. The van der Waals surface area contributed by atoms with Gasteiger partial charge in [-0.15, -0.1) is 0 Å². The van der Waals surface area contributed by atoms with Crippen LogP contribution in [0.1, 0.15) is 92.9 Å². The molecule has 6 nitrogen and oxygen atoms in total. The van der Waals surface area contributed by atoms with Gasteiger partial charge in [0.1, 0.15) is 0 Å². The largest absolute Gasteiger partial charge is 0.481 e. The summed E-state index contributed by atoms with van der Waals surface area (Å²) in [5.74, 6) is -1.47. The fourth-order valence-corrected chi connectivity index (χ4v) is 3.23. The first kappa shape index (κ1) is 25.7. The van der Waals surface area contributed by atoms with Crippen molar-refractivity contribution in [2.45, 2.75) is 72.1 Å². The molecule has 0 bridgehead atoms. The molecule has 1 rings (SSSR count). The summed E-state index contributed by atoms with van der Waals surface area (Å²) in [4.78, 5) is 35.8. The van der Waals surface area contributed by atoms with Crippen LogP contribution in [0.3, 0.4) is 0 Å². The Morgan fingerprint density at radius 2 is 1.30 bits per heavy atom. The standard InChI is InChI=1S/C24H36O6/c1-4-7-11-18(5-2)16-29-23(27)20-13-8-9-14-21(20)24(28)30-17-19(6-3)12-10-15-22(25)26/h8-9,13-14,18-19H,4-7,10-12,15-17H2,1-3H3,(H,25,26). The molecular formula is C24H36O6. The van der Waals surface area contributed by atoms with Gasteiger partial charge >= 0.3 is 17.9 Å². The van der Waals surface area contributed by atoms with E-state index in [0.717, 1.165) is 32.1 Å². The molecule has 0 aliphatic rings. The van der Waals surface area contributed by atoms with Gasteiger partial charge in [-0.1, -0.05) is 58.6 Å². The molecule has 1 aromatic carbocycles. The van der Waals surface area contributed by atoms with E-state index in [1.807, 2.05) is 6.92 Å². The highest BCUT2D eigenvalue weighted by atomic mass is 16.5. The number of rotatable bonds is 15. The van der Waals surface area contributed by atoms with Gasteiger partial charge in [0.15, 0.2) is 0 Å². The molecule has 0 heterocycles. The van der Waals surface area contributed by atoms with E-state index in [1.54, 1.807) is 24.3 Å². The van der Waals surface area contributed by atoms with Crippen molar-refractivity contribution < 1.29 is 29.0 Å². The van der Waals surface area contributed by atoms with Gasteiger partial charge in [0.2, 0.25) is 0 Å². The Bertz CT molecular complexity index is 669. The van der Waals surface area contributed by atoms with E-state index in [-0.39, 0.29) is 30.1 Å². The summed E-state index contributed by atoms with van der Waals surface area (Å²) in [6.45, 7) is 6.75. The predicted molar refractivity (Wildman–Crippen MR) is 116 cm³/mol. The summed E-state index contributed by atoms with van der Waals surface area (Å²) >= 11 is 0. The Hall–Kier alpha value is -2.37. The van der Waals surface area contributed by atoms with Gasteiger partial charge in [-0.05, 0) is 43.2 Å². The van der Waals surface area contributed by atoms with E-state index in [1.165, 1.54) is 0 Å². The highest BCUT2D eigenvalue weighted by Crippen LogP contribution is 2.18. The lowest BCUT2D eigenvalue weighted by molar-refractivity contribution is -0.137. The maximum absolute atomic E-state index is 12.6. The molecule has 30 heavy (non-hydrogen) atoms. The number of carboxylic acids is 1. The molecule has 0 saturated heterocycles. The van der Waals surface area contributed by atoms with Crippen LogP contribution >= 0.6 is 0 Å². The smallest absolute Gasteiger partial charge is 0.339 e. The molecule has 1 aromatic rings. The van der Waals surface area contributed by atoms with Crippen molar-refractivity contribution in [1.82, 2.24) is 0 Å². The zero-order valence-electron chi connectivity index (χ0n) is 18.5. The van der Waals surface area contributed by atoms with Gasteiger partial charge in [-0.25, -0.2) is 9.59 Å². The third-order valence-corrected chi connectivity index (χ3v) is 5.39. The highest BCUT2D eigenvalue weighted by molar-refractivity contribution is 6.03. The molecule has 0 amide bonds. The third kappa shape index (κ3) is 9.42. The van der Waals surface area contributed by atoms with Gasteiger partial charge in [-0.3, -0.25) is 4.79 Å². The van der Waals surface area contributed by atoms with Gasteiger partial charge < -0.3 is 14.6 Å². The van der Waals surface area contributed by atoms with Crippen molar-refractivity contribution in [2.24, 2.45) is 11.8 Å². The SMILES string of the molecule is CCCCC(CC)COC(=O)c1ccccc1C(=O)OCC(CC)CCCC(=O)O. The molecule has 0 spiro atoms. The topological polar surface area (TPSA) is 89.9 Å². The minimum absolute atomic E-state index is 0.0938. The summed E-state index contributed by atoms with van der Waals surface area (Å²) in [5, 5.41) is 8.76. The van der Waals surface area contributed by atoms with Crippen LogP contribution in [-0.2, 0) is 14.3 Å². The zero-order chi connectivity index (χ0) is 22.4. The monoisotopic (exact) mass is 420 g/mol. The summed E-state index contributed by atoms with van der Waals surface area (Å²) < 4.78 is 10.9. The Labute approximate surface area is 180 Å². The van der Waals surface area contributed by atoms with Crippen LogP contribution in [0.15, 0.2) is 24.3 Å². The average Bonchev–Trinajstić information content (AvgIpc) is 2.75. The molecule has 0 aromatic heterocycles. The number of esters is 2. The molecular weight excluding hydrogens is 384 g/mol. The number of unbranched alkanes of at least 4 members (excludes halogenated alkanes) is 1. The molecule has 1 N–H and O–H groups in total. The predicted octanol–water partition coefficient (Wildman–Crippen LogP) is 5.50. The van der Waals surface area contributed by atoms with Gasteiger partial charge in [-0.2, -0.15) is 0 Å². The number of carbonyl (C=O) groups is 3. The summed E-state index contributed by atoms with van der Waals surface area (Å²) in [6, 6.07) is 6.53. The Balaban J connectivity index is 2.66. The van der Waals surface area contributed by atoms with Gasteiger partial charge in [0, 0.05) is 6.42 Å². The summed E-state index contributed by atoms with van der Waals surface area (Å²) in [7, 11) is 0. The van der Waals surface area contributed by atoms with Crippen molar-refractivity contribution in [3.05, 3.63) is 35.4 Å². The van der Waals surface area contributed by atoms with Gasteiger partial charge in [0.25, 0.3) is 0 Å². The molecule has 6 heteroatoms. The first-order chi connectivity index (χ1) is 14.4. The third-order valence-electron chi connectivity index (χ3n) is 5.39. The summed E-state index contributed by atoms with van der Waals surface area (Å²) in [5.41, 5.74) is 0.413. The fraction of sp³-hybridized carbons (Fsp3) is 0.625. The average molecular weight is 421 g/mol. The van der Waals surface area contributed by atoms with Crippen LogP contribution < -0.4 is 0 Å². The molecule has 168 valence electrons. The van der Waals surface area contributed by atoms with Crippen LogP contribution in [0.2, 0.25) is 0 Å². The second kappa shape index (κ2) is 14.6. The number of aliphatic carboxylic acids is 1. The van der Waals surface area contributed by atoms with Crippen LogP contribution in [0.5, 0.6) is 0 Å². The van der Waals surface area contributed by atoms with E-state index in [0.29, 0.717) is 25.4 Å². The van der Waals surface area contributed by atoms with Crippen molar-refractivity contribution >= 4 is 17.9 Å². The molecule has 0 aliphatic heterocycles. The van der Waals surface area contributed by atoms with Gasteiger partial charge in [0.05, 0.1) is 24.3 Å². The molecule has 0 fully saturated rings. The molecule has 2 unspecified atom stereocenters. The van der Waals surface area contributed by atoms with E-state index in [9.17, 15) is 14.4 Å². The van der Waals surface area contributed by atoms with Crippen LogP contribution in [0, 0.1) is 11.8 Å². The number of ether oxygens (including phenoxy) is 2. The van der Waals surface area contributed by atoms with E-state index < -0.39 is 17.9 Å². The Morgan fingerprint density at radius 3 is 1.70 bits per heavy atom. The van der Waals surface area contributed by atoms with Crippen LogP contribution in [-0.4, -0.2) is 36.2 Å². The quantitative estimate of drug-likeness (QED) is 0.377. The minimum atomic E-state index is -0.825. The first-order valence-electron chi connectivity index (χ1n) is 11.1. The van der Waals surface area contributed by atoms with Crippen molar-refractivity contribution in [2.75, 3.05) is 13.2 Å². The van der Waals surface area contributed by atoms with E-state index >= 15 is 0 Å². The fourth-order valence-electron chi connectivity index (χ4n) is 3.23. The van der Waals surface area contributed by atoms with E-state index in [4.69, 9.17) is 14.6 Å². The second-order valence-corrected chi connectivity index (χ2v) is 7.72. The van der Waals surface area contributed by atoms with Crippen LogP contribution in [0.4, 0.5) is 0 Å².